The standard InChI is InChI=1S/C14H14ClN5O/c15-10-3-4-11(17)12(8-10)19-14(21)2-1-6-20-7-5-18-13(20)9-16/h3-5,7-8H,1-2,6,17H2,(H,19,21). The van der Waals surface area contributed by atoms with E-state index in [1.54, 1.807) is 35.2 Å². The maximum Gasteiger partial charge on any atom is 0.224 e. The maximum absolute atomic E-state index is 11.9. The van der Waals surface area contributed by atoms with Crippen LogP contribution in [0.3, 0.4) is 0 Å². The number of nitrogens with one attached hydrogen (secondary N) is 1. The summed E-state index contributed by atoms with van der Waals surface area (Å²) < 4.78 is 1.71. The normalized spacial score (nSPS) is 10.1. The molecule has 0 unspecified atom stereocenters. The van der Waals surface area contributed by atoms with Crippen LogP contribution >= 0.6 is 11.6 Å². The Hall–Kier alpha value is -2.52. The lowest BCUT2D eigenvalue weighted by molar-refractivity contribution is -0.116. The van der Waals surface area contributed by atoms with Crippen LogP contribution in [-0.4, -0.2) is 15.5 Å². The minimum absolute atomic E-state index is 0.150. The summed E-state index contributed by atoms with van der Waals surface area (Å²) in [4.78, 5) is 15.8. The molecular formula is C14H14ClN5O. The molecule has 0 atom stereocenters. The van der Waals surface area contributed by atoms with Crippen LogP contribution in [0.2, 0.25) is 5.02 Å². The second-order valence-electron chi connectivity index (χ2n) is 4.44. The van der Waals surface area contributed by atoms with E-state index in [1.807, 2.05) is 6.07 Å². The Bertz CT molecular complexity index is 689. The molecule has 21 heavy (non-hydrogen) atoms. The maximum atomic E-state index is 11.9. The molecule has 2 rings (SSSR count). The predicted molar refractivity (Wildman–Crippen MR) is 80.7 cm³/mol. The molecule has 1 aromatic heterocycles. The van der Waals surface area contributed by atoms with E-state index < -0.39 is 0 Å². The molecule has 0 aliphatic heterocycles. The van der Waals surface area contributed by atoms with Crippen molar-refractivity contribution in [3.8, 4) is 6.07 Å². The van der Waals surface area contributed by atoms with E-state index in [0.29, 0.717) is 41.6 Å². The number of carbonyl (C=O) groups is 1. The van der Waals surface area contributed by atoms with Gasteiger partial charge in [-0.05, 0) is 24.6 Å². The summed E-state index contributed by atoms with van der Waals surface area (Å²) >= 11 is 5.86. The molecular weight excluding hydrogens is 290 g/mol. The molecule has 1 aromatic carbocycles. The van der Waals surface area contributed by atoms with Gasteiger partial charge >= 0.3 is 0 Å². The van der Waals surface area contributed by atoms with Gasteiger partial charge in [0.15, 0.2) is 0 Å². The first-order valence-electron chi connectivity index (χ1n) is 6.36. The molecule has 7 heteroatoms. The van der Waals surface area contributed by atoms with Crippen molar-refractivity contribution in [1.82, 2.24) is 9.55 Å². The van der Waals surface area contributed by atoms with Crippen molar-refractivity contribution in [2.24, 2.45) is 0 Å². The summed E-state index contributed by atoms with van der Waals surface area (Å²) in [5, 5.41) is 12.1. The molecule has 0 radical (unpaired) electrons. The van der Waals surface area contributed by atoms with Crippen LogP contribution in [0.4, 0.5) is 11.4 Å². The largest absolute Gasteiger partial charge is 0.397 e. The SMILES string of the molecule is N#Cc1nccn1CCCC(=O)Nc1cc(Cl)ccc1N. The number of aromatic nitrogens is 2. The Morgan fingerprint density at radius 2 is 2.33 bits per heavy atom. The molecule has 0 aliphatic carbocycles. The number of hydrogen-bond donors (Lipinski definition) is 2. The van der Waals surface area contributed by atoms with Gasteiger partial charge in [-0.25, -0.2) is 4.98 Å². The van der Waals surface area contributed by atoms with Gasteiger partial charge in [0.05, 0.1) is 11.4 Å². The number of nitrogen functional groups attached to an aromatic ring is 1. The highest BCUT2D eigenvalue weighted by atomic mass is 35.5. The van der Waals surface area contributed by atoms with Gasteiger partial charge < -0.3 is 15.6 Å². The second kappa shape index (κ2) is 6.77. The van der Waals surface area contributed by atoms with Crippen molar-refractivity contribution in [2.75, 3.05) is 11.1 Å². The summed E-state index contributed by atoms with van der Waals surface area (Å²) in [6, 6.07) is 6.90. The Morgan fingerprint density at radius 3 is 3.10 bits per heavy atom. The molecule has 0 spiro atoms. The van der Waals surface area contributed by atoms with Gasteiger partial charge in [0.25, 0.3) is 0 Å². The number of carbonyl (C=O) groups excluding carboxylic acids is 1. The monoisotopic (exact) mass is 303 g/mol. The van der Waals surface area contributed by atoms with Crippen molar-refractivity contribution >= 4 is 28.9 Å². The number of nitriles is 1. The molecule has 108 valence electrons. The van der Waals surface area contributed by atoms with Crippen LogP contribution in [0.25, 0.3) is 0 Å². The number of aryl methyl sites for hydroxylation is 1. The van der Waals surface area contributed by atoms with E-state index in [4.69, 9.17) is 22.6 Å². The number of hydrogen-bond acceptors (Lipinski definition) is 4. The zero-order chi connectivity index (χ0) is 15.2. The minimum atomic E-state index is -0.150. The minimum Gasteiger partial charge on any atom is -0.397 e. The number of anilines is 2. The molecule has 1 heterocycles. The molecule has 0 fully saturated rings. The van der Waals surface area contributed by atoms with E-state index in [2.05, 4.69) is 10.3 Å². The fourth-order valence-electron chi connectivity index (χ4n) is 1.86. The third-order valence-electron chi connectivity index (χ3n) is 2.91. The zero-order valence-corrected chi connectivity index (χ0v) is 12.0. The highest BCUT2D eigenvalue weighted by Crippen LogP contribution is 2.23. The molecule has 1 amide bonds. The van der Waals surface area contributed by atoms with Gasteiger partial charge in [-0.2, -0.15) is 5.26 Å². The molecule has 3 N–H and O–H groups in total. The quantitative estimate of drug-likeness (QED) is 0.829. The van der Waals surface area contributed by atoms with Gasteiger partial charge in [0, 0.05) is 30.4 Å². The Balaban J connectivity index is 1.85. The third-order valence-corrected chi connectivity index (χ3v) is 3.14. The molecule has 0 bridgehead atoms. The van der Waals surface area contributed by atoms with Gasteiger partial charge in [0.1, 0.15) is 6.07 Å². The Morgan fingerprint density at radius 1 is 1.52 bits per heavy atom. The van der Waals surface area contributed by atoms with Crippen molar-refractivity contribution < 1.29 is 4.79 Å². The Kier molecular flexibility index (Phi) is 4.80. The lowest BCUT2D eigenvalue weighted by atomic mass is 10.2. The second-order valence-corrected chi connectivity index (χ2v) is 4.88. The number of nitrogens with two attached hydrogens (primary N) is 1. The number of benzene rings is 1. The summed E-state index contributed by atoms with van der Waals surface area (Å²) in [7, 11) is 0. The summed E-state index contributed by atoms with van der Waals surface area (Å²) in [5.41, 5.74) is 6.73. The number of amides is 1. The lowest BCUT2D eigenvalue weighted by Crippen LogP contribution is -2.13. The van der Waals surface area contributed by atoms with Gasteiger partial charge in [0.2, 0.25) is 11.7 Å². The van der Waals surface area contributed by atoms with Gasteiger partial charge in [-0.3, -0.25) is 4.79 Å². The van der Waals surface area contributed by atoms with Gasteiger partial charge in [-0.15, -0.1) is 0 Å². The Labute approximate surface area is 127 Å². The van der Waals surface area contributed by atoms with E-state index in [0.717, 1.165) is 0 Å². The first-order valence-corrected chi connectivity index (χ1v) is 6.74. The van der Waals surface area contributed by atoms with Crippen molar-refractivity contribution in [3.63, 3.8) is 0 Å². The molecule has 2 aromatic rings. The van der Waals surface area contributed by atoms with Crippen molar-refractivity contribution in [3.05, 3.63) is 41.4 Å². The fraction of sp³-hybridized carbons (Fsp3) is 0.214. The number of halogens is 1. The van der Waals surface area contributed by atoms with Crippen molar-refractivity contribution in [1.29, 1.82) is 5.26 Å². The summed E-state index contributed by atoms with van der Waals surface area (Å²) in [6.07, 6.45) is 4.18. The van der Waals surface area contributed by atoms with E-state index in [9.17, 15) is 4.79 Å². The lowest BCUT2D eigenvalue weighted by Gasteiger charge is -2.09. The predicted octanol–water partition coefficient (Wildman–Crippen LogP) is 2.41. The van der Waals surface area contributed by atoms with Crippen LogP contribution in [0, 0.1) is 11.3 Å². The zero-order valence-electron chi connectivity index (χ0n) is 11.2. The number of imidazole rings is 1. The first-order chi connectivity index (χ1) is 10.1. The number of rotatable bonds is 5. The van der Waals surface area contributed by atoms with Crippen LogP contribution in [-0.2, 0) is 11.3 Å². The average Bonchev–Trinajstić information content (AvgIpc) is 2.90. The molecule has 0 saturated carbocycles. The van der Waals surface area contributed by atoms with Crippen LogP contribution in [0.1, 0.15) is 18.7 Å². The van der Waals surface area contributed by atoms with Crippen LogP contribution in [0.5, 0.6) is 0 Å². The molecule has 6 nitrogen and oxygen atoms in total. The van der Waals surface area contributed by atoms with E-state index >= 15 is 0 Å². The smallest absolute Gasteiger partial charge is 0.224 e. The molecule has 0 aliphatic rings. The first kappa shape index (κ1) is 14.9. The number of nitrogens with zero attached hydrogens (tertiary/aromatic N) is 3. The highest BCUT2D eigenvalue weighted by molar-refractivity contribution is 6.31. The topological polar surface area (TPSA) is 96.7 Å². The summed E-state index contributed by atoms with van der Waals surface area (Å²) in [5.74, 6) is 0.192. The van der Waals surface area contributed by atoms with Crippen molar-refractivity contribution in [2.45, 2.75) is 19.4 Å². The fourth-order valence-corrected chi connectivity index (χ4v) is 2.03. The van der Waals surface area contributed by atoms with E-state index in [1.165, 1.54) is 0 Å². The van der Waals surface area contributed by atoms with Gasteiger partial charge in [-0.1, -0.05) is 11.6 Å². The third kappa shape index (κ3) is 3.97. The van der Waals surface area contributed by atoms with E-state index in [-0.39, 0.29) is 5.91 Å². The van der Waals surface area contributed by atoms with Crippen LogP contribution in [0.15, 0.2) is 30.6 Å². The molecule has 0 saturated heterocycles. The highest BCUT2D eigenvalue weighted by Gasteiger charge is 2.07. The van der Waals surface area contributed by atoms with Crippen LogP contribution < -0.4 is 11.1 Å². The summed E-state index contributed by atoms with van der Waals surface area (Å²) in [6.45, 7) is 0.557. The average molecular weight is 304 g/mol.